The molecule has 3 atom stereocenters. The molecule has 1 fully saturated rings. The number of aliphatic carboxylic acids is 1. The molecule has 2 aliphatic carbocycles. The Morgan fingerprint density at radius 2 is 2.29 bits per heavy atom. The predicted molar refractivity (Wildman–Crippen MR) is 67.4 cm³/mol. The molecule has 3 unspecified atom stereocenters. The van der Waals surface area contributed by atoms with Crippen LogP contribution in [0.3, 0.4) is 0 Å². The molecule has 0 radical (unpaired) electrons. The number of carbonyl (C=O) groups is 1. The van der Waals surface area contributed by atoms with E-state index in [0.717, 1.165) is 6.42 Å². The van der Waals surface area contributed by atoms with Crippen LogP contribution in [0.1, 0.15) is 33.1 Å². The van der Waals surface area contributed by atoms with E-state index >= 15 is 0 Å². The van der Waals surface area contributed by atoms with Gasteiger partial charge in [-0.1, -0.05) is 37.6 Å². The van der Waals surface area contributed by atoms with Gasteiger partial charge < -0.3 is 10.8 Å². The summed E-state index contributed by atoms with van der Waals surface area (Å²) in [5, 5.41) is 9.19. The second kappa shape index (κ2) is 4.30. The molecule has 0 bridgehead atoms. The minimum absolute atomic E-state index is 0.496. The Morgan fingerprint density at radius 3 is 2.88 bits per heavy atom. The summed E-state index contributed by atoms with van der Waals surface area (Å²) in [5.74, 6) is 0.756. The van der Waals surface area contributed by atoms with Gasteiger partial charge >= 0.3 is 5.97 Å². The highest BCUT2D eigenvalue weighted by Crippen LogP contribution is 2.43. The molecule has 0 aromatic rings. The Kier molecular flexibility index (Phi) is 3.13. The van der Waals surface area contributed by atoms with E-state index in [9.17, 15) is 9.90 Å². The third-order valence-electron chi connectivity index (χ3n) is 4.20. The molecule has 3 nitrogen and oxygen atoms in total. The first kappa shape index (κ1) is 12.4. The van der Waals surface area contributed by atoms with Crippen LogP contribution in [-0.4, -0.2) is 16.6 Å². The van der Waals surface area contributed by atoms with Gasteiger partial charge in [-0.3, -0.25) is 4.79 Å². The van der Waals surface area contributed by atoms with Crippen molar-refractivity contribution >= 4 is 5.97 Å². The zero-order valence-electron chi connectivity index (χ0n) is 10.5. The SMILES string of the molecule is CC(C)C1C=CC=C2CC(N)(C(=O)O)CCC21. The number of fused-ring (bicyclic) bond motifs is 1. The van der Waals surface area contributed by atoms with Gasteiger partial charge in [0.2, 0.25) is 0 Å². The van der Waals surface area contributed by atoms with E-state index in [4.69, 9.17) is 5.73 Å². The Hall–Kier alpha value is -1.09. The van der Waals surface area contributed by atoms with Gasteiger partial charge in [0, 0.05) is 0 Å². The Balaban J connectivity index is 2.21. The van der Waals surface area contributed by atoms with Gasteiger partial charge in [0.15, 0.2) is 0 Å². The zero-order chi connectivity index (χ0) is 12.6. The smallest absolute Gasteiger partial charge is 0.324 e. The summed E-state index contributed by atoms with van der Waals surface area (Å²) in [6, 6.07) is 0. The van der Waals surface area contributed by atoms with Gasteiger partial charge in [0.25, 0.3) is 0 Å². The van der Waals surface area contributed by atoms with Crippen molar-refractivity contribution in [2.24, 2.45) is 23.5 Å². The van der Waals surface area contributed by atoms with Gasteiger partial charge in [0.05, 0.1) is 0 Å². The van der Waals surface area contributed by atoms with Crippen LogP contribution in [0, 0.1) is 17.8 Å². The second-order valence-corrected chi connectivity index (χ2v) is 5.73. The maximum atomic E-state index is 11.2. The van der Waals surface area contributed by atoms with E-state index < -0.39 is 11.5 Å². The summed E-state index contributed by atoms with van der Waals surface area (Å²) in [7, 11) is 0. The predicted octanol–water partition coefficient (Wildman–Crippen LogP) is 2.34. The fraction of sp³-hybridized carbons (Fsp3) is 0.643. The fourth-order valence-electron chi connectivity index (χ4n) is 3.12. The van der Waals surface area contributed by atoms with E-state index in [2.05, 4.69) is 32.1 Å². The first-order chi connectivity index (χ1) is 7.94. The number of nitrogens with two attached hydrogens (primary N) is 1. The van der Waals surface area contributed by atoms with Crippen LogP contribution in [0.25, 0.3) is 0 Å². The lowest BCUT2D eigenvalue weighted by atomic mass is 9.65. The molecular formula is C14H21NO2. The van der Waals surface area contributed by atoms with E-state index in [-0.39, 0.29) is 0 Å². The first-order valence-corrected chi connectivity index (χ1v) is 6.33. The number of carboxylic acid groups (broad SMARTS) is 1. The van der Waals surface area contributed by atoms with Crippen molar-refractivity contribution in [3.05, 3.63) is 23.8 Å². The van der Waals surface area contributed by atoms with Crippen LogP contribution in [0.5, 0.6) is 0 Å². The number of carboxylic acids is 1. The lowest BCUT2D eigenvalue weighted by molar-refractivity contribution is -0.144. The zero-order valence-corrected chi connectivity index (χ0v) is 10.5. The lowest BCUT2D eigenvalue weighted by Crippen LogP contribution is -2.52. The summed E-state index contributed by atoms with van der Waals surface area (Å²) >= 11 is 0. The minimum atomic E-state index is -1.05. The van der Waals surface area contributed by atoms with E-state index in [1.165, 1.54) is 5.57 Å². The van der Waals surface area contributed by atoms with Gasteiger partial charge in [-0.2, -0.15) is 0 Å². The highest BCUT2D eigenvalue weighted by Gasteiger charge is 2.43. The molecule has 94 valence electrons. The Morgan fingerprint density at radius 1 is 1.59 bits per heavy atom. The Bertz CT molecular complexity index is 384. The highest BCUT2D eigenvalue weighted by molar-refractivity contribution is 5.79. The molecular weight excluding hydrogens is 214 g/mol. The number of hydrogen-bond donors (Lipinski definition) is 2. The quantitative estimate of drug-likeness (QED) is 0.772. The largest absolute Gasteiger partial charge is 0.480 e. The highest BCUT2D eigenvalue weighted by atomic mass is 16.4. The molecule has 0 aliphatic heterocycles. The van der Waals surface area contributed by atoms with Crippen molar-refractivity contribution in [2.75, 3.05) is 0 Å². The van der Waals surface area contributed by atoms with E-state index in [1.807, 2.05) is 0 Å². The Labute approximate surface area is 102 Å². The fourth-order valence-corrected chi connectivity index (χ4v) is 3.12. The van der Waals surface area contributed by atoms with Crippen LogP contribution >= 0.6 is 0 Å². The normalized spacial score (nSPS) is 36.6. The summed E-state index contributed by atoms with van der Waals surface area (Å²) in [4.78, 5) is 11.2. The lowest BCUT2D eigenvalue weighted by Gasteiger charge is -2.41. The second-order valence-electron chi connectivity index (χ2n) is 5.73. The molecule has 3 heteroatoms. The molecule has 0 aromatic heterocycles. The van der Waals surface area contributed by atoms with Gasteiger partial charge in [0.1, 0.15) is 5.54 Å². The number of hydrogen-bond acceptors (Lipinski definition) is 2. The minimum Gasteiger partial charge on any atom is -0.480 e. The third kappa shape index (κ3) is 2.16. The molecule has 0 saturated heterocycles. The summed E-state index contributed by atoms with van der Waals surface area (Å²) in [6.07, 6.45) is 8.35. The standard InChI is InChI=1S/C14H21NO2/c1-9(2)11-5-3-4-10-8-14(15,13(16)17)7-6-12(10)11/h3-5,9,11-12H,6-8,15H2,1-2H3,(H,16,17). The molecule has 1 saturated carbocycles. The molecule has 17 heavy (non-hydrogen) atoms. The number of rotatable bonds is 2. The van der Waals surface area contributed by atoms with Gasteiger partial charge in [-0.25, -0.2) is 0 Å². The van der Waals surface area contributed by atoms with Crippen LogP contribution in [0.4, 0.5) is 0 Å². The molecule has 0 aromatic carbocycles. The van der Waals surface area contributed by atoms with Crippen LogP contribution < -0.4 is 5.73 Å². The van der Waals surface area contributed by atoms with Crippen molar-refractivity contribution in [2.45, 2.75) is 38.6 Å². The molecule has 0 heterocycles. The molecule has 2 rings (SSSR count). The third-order valence-corrected chi connectivity index (χ3v) is 4.20. The van der Waals surface area contributed by atoms with E-state index in [1.54, 1.807) is 0 Å². The maximum absolute atomic E-state index is 11.2. The maximum Gasteiger partial charge on any atom is 0.324 e. The van der Waals surface area contributed by atoms with Gasteiger partial charge in [-0.15, -0.1) is 0 Å². The topological polar surface area (TPSA) is 63.3 Å². The average Bonchev–Trinajstić information content (AvgIpc) is 2.27. The van der Waals surface area contributed by atoms with E-state index in [0.29, 0.717) is 30.6 Å². The molecule has 0 spiro atoms. The molecule has 0 amide bonds. The van der Waals surface area contributed by atoms with Crippen LogP contribution in [0.2, 0.25) is 0 Å². The molecule has 3 N–H and O–H groups in total. The van der Waals surface area contributed by atoms with Crippen LogP contribution in [0.15, 0.2) is 23.8 Å². The summed E-state index contributed by atoms with van der Waals surface area (Å²) < 4.78 is 0. The first-order valence-electron chi connectivity index (χ1n) is 6.33. The number of allylic oxidation sites excluding steroid dienone is 3. The van der Waals surface area contributed by atoms with Crippen molar-refractivity contribution in [3.8, 4) is 0 Å². The van der Waals surface area contributed by atoms with Crippen molar-refractivity contribution < 1.29 is 9.90 Å². The van der Waals surface area contributed by atoms with Crippen molar-refractivity contribution in [1.82, 2.24) is 0 Å². The summed E-state index contributed by atoms with van der Waals surface area (Å²) in [6.45, 7) is 4.44. The average molecular weight is 235 g/mol. The summed E-state index contributed by atoms with van der Waals surface area (Å²) in [5.41, 5.74) is 6.14. The monoisotopic (exact) mass is 235 g/mol. The van der Waals surface area contributed by atoms with Crippen molar-refractivity contribution in [3.63, 3.8) is 0 Å². The van der Waals surface area contributed by atoms with Crippen LogP contribution in [-0.2, 0) is 4.79 Å². The van der Waals surface area contributed by atoms with Gasteiger partial charge in [-0.05, 0) is 37.0 Å². The van der Waals surface area contributed by atoms with Crippen molar-refractivity contribution in [1.29, 1.82) is 0 Å². The molecule has 2 aliphatic rings.